The lowest BCUT2D eigenvalue weighted by Crippen LogP contribution is -2.35. The lowest BCUT2D eigenvalue weighted by molar-refractivity contribution is -0.118. The molecule has 2 aromatic rings. The number of rotatable bonds is 4. The molecule has 0 saturated heterocycles. The molecule has 0 fully saturated rings. The van der Waals surface area contributed by atoms with Gasteiger partial charge in [-0.3, -0.25) is 4.79 Å². The molecule has 0 saturated carbocycles. The van der Waals surface area contributed by atoms with Crippen LogP contribution >= 0.6 is 0 Å². The van der Waals surface area contributed by atoms with Gasteiger partial charge in [0, 0.05) is 22.0 Å². The fourth-order valence-corrected chi connectivity index (χ4v) is 3.88. The van der Waals surface area contributed by atoms with Crippen molar-refractivity contribution in [3.63, 3.8) is 0 Å². The van der Waals surface area contributed by atoms with Crippen molar-refractivity contribution in [2.45, 2.75) is 146 Å². The molecule has 0 bridgehead atoms. The average Bonchev–Trinajstić information content (AvgIpc) is 3.12. The minimum absolute atomic E-state index is 0.0273. The fourth-order valence-electron chi connectivity index (χ4n) is 3.88. The van der Waals surface area contributed by atoms with Crippen molar-refractivity contribution in [2.75, 3.05) is 7.05 Å². The molecule has 0 radical (unpaired) electrons. The van der Waals surface area contributed by atoms with Crippen LogP contribution in [-0.2, 0) is 27.5 Å². The highest BCUT2D eigenvalue weighted by atomic mass is 16.1. The molecule has 1 atom stereocenters. The summed E-state index contributed by atoms with van der Waals surface area (Å²) in [5.41, 5.74) is 6.48. The summed E-state index contributed by atoms with van der Waals surface area (Å²) in [4.78, 5) is 16.0. The number of hydrogen-bond donors (Lipinski definition) is 2. The van der Waals surface area contributed by atoms with E-state index in [0.717, 1.165) is 0 Å². The molecule has 0 aliphatic carbocycles. The Morgan fingerprint density at radius 3 is 1.63 bits per heavy atom. The highest BCUT2D eigenvalue weighted by Crippen LogP contribution is 2.40. The van der Waals surface area contributed by atoms with Crippen LogP contribution in [0.2, 0.25) is 0 Å². The van der Waals surface area contributed by atoms with Crippen LogP contribution in [0.3, 0.4) is 0 Å². The number of benzene rings is 1. The number of aromatic amines is 1. The second-order valence-electron chi connectivity index (χ2n) is 12.0. The number of likely N-dealkylation sites (N-methyl/N-ethyl adjacent to an activating group) is 1. The van der Waals surface area contributed by atoms with E-state index in [-0.39, 0.29) is 28.1 Å². The van der Waals surface area contributed by atoms with Gasteiger partial charge >= 0.3 is 0 Å². The molecule has 0 spiro atoms. The molecule has 1 aromatic heterocycles. The number of carbonyl (C=O) groups is 1. The molecule has 35 heavy (non-hydrogen) atoms. The van der Waals surface area contributed by atoms with Crippen LogP contribution in [0.5, 0.6) is 0 Å². The number of nitrogens with one attached hydrogen (secondary N) is 2. The van der Waals surface area contributed by atoms with Gasteiger partial charge in [-0.2, -0.15) is 0 Å². The smallest absolute Gasteiger partial charge is 0.147 e. The first-order chi connectivity index (χ1) is 16.0. The second kappa shape index (κ2) is 14.8. The van der Waals surface area contributed by atoms with Crippen molar-refractivity contribution in [3.05, 3.63) is 34.5 Å². The van der Waals surface area contributed by atoms with Crippen molar-refractivity contribution in [3.8, 4) is 0 Å². The Labute approximate surface area is 219 Å². The fraction of sp³-hybridized carbons (Fsp3) is 0.719. The minimum atomic E-state index is -0.170. The van der Waals surface area contributed by atoms with E-state index in [1.807, 2.05) is 34.7 Å². The predicted molar refractivity (Wildman–Crippen MR) is 160 cm³/mol. The third-order valence-electron chi connectivity index (χ3n) is 5.69. The number of H-pyrrole nitrogens is 1. The van der Waals surface area contributed by atoms with E-state index in [9.17, 15) is 4.79 Å². The van der Waals surface area contributed by atoms with E-state index in [2.05, 4.69) is 98.6 Å². The molecule has 3 nitrogen and oxygen atoms in total. The molecule has 0 aliphatic rings. The maximum Gasteiger partial charge on any atom is 0.147 e. The Kier molecular flexibility index (Phi) is 15.1. The summed E-state index contributed by atoms with van der Waals surface area (Å²) in [5, 5.41) is 4.48. The summed E-state index contributed by atoms with van der Waals surface area (Å²) in [6.07, 6.45) is 1.95. The minimum Gasteiger partial charge on any atom is -0.357 e. The number of carbonyl (C=O) groups excluding carboxylic acids is 1. The highest BCUT2D eigenvalue weighted by molar-refractivity contribution is 5.91. The standard InChI is InChI=1S/C25H40N2O.C3H8.2C2H6/c1-15(28)20(26-11)14-18-17-12-16(23(2,3)4)13-19(24(5,6)7)21(17)27-22(18)25(8,9)10;1-3-2;2*1-2/h12-13,20,26-27H,14H2,1-11H3;3H2,1-2H3;2*1-2H3. The van der Waals surface area contributed by atoms with Crippen molar-refractivity contribution in [2.24, 2.45) is 0 Å². The predicted octanol–water partition coefficient (Wildman–Crippen LogP) is 9.25. The average molecular weight is 489 g/mol. The van der Waals surface area contributed by atoms with Crippen molar-refractivity contribution >= 4 is 16.7 Å². The Morgan fingerprint density at radius 1 is 0.857 bits per heavy atom. The molecule has 1 unspecified atom stereocenters. The quantitative estimate of drug-likeness (QED) is 0.450. The van der Waals surface area contributed by atoms with Gasteiger partial charge in [-0.05, 0) is 54.0 Å². The summed E-state index contributed by atoms with van der Waals surface area (Å²) in [7, 11) is 1.87. The SMILES string of the molecule is CC.CC.CCC.CNC(Cc1c(C(C)(C)C)[nH]c2c(C(C)(C)C)cc(C(C)(C)C)cc12)C(C)=O. The zero-order chi connectivity index (χ0) is 28.4. The largest absolute Gasteiger partial charge is 0.357 e. The molecule has 1 heterocycles. The van der Waals surface area contributed by atoms with Gasteiger partial charge < -0.3 is 10.3 Å². The van der Waals surface area contributed by atoms with Crippen molar-refractivity contribution in [1.82, 2.24) is 10.3 Å². The Hall–Kier alpha value is -1.61. The summed E-state index contributed by atoms with van der Waals surface area (Å²) < 4.78 is 0. The number of fused-ring (bicyclic) bond motifs is 1. The van der Waals surface area contributed by atoms with E-state index < -0.39 is 0 Å². The zero-order valence-electron chi connectivity index (χ0n) is 26.6. The van der Waals surface area contributed by atoms with Gasteiger partial charge in [-0.1, -0.05) is 116 Å². The molecule has 2 rings (SSSR count). The van der Waals surface area contributed by atoms with Gasteiger partial charge in [0.25, 0.3) is 0 Å². The number of hydrogen-bond acceptors (Lipinski definition) is 2. The lowest BCUT2D eigenvalue weighted by Gasteiger charge is -2.26. The highest BCUT2D eigenvalue weighted by Gasteiger charge is 2.30. The molecule has 0 amide bonds. The van der Waals surface area contributed by atoms with Crippen LogP contribution in [0.4, 0.5) is 0 Å². The van der Waals surface area contributed by atoms with Crippen molar-refractivity contribution in [1.29, 1.82) is 0 Å². The Bertz CT molecular complexity index is 883. The summed E-state index contributed by atoms with van der Waals surface area (Å²) >= 11 is 0. The Morgan fingerprint density at radius 2 is 1.31 bits per heavy atom. The van der Waals surface area contributed by atoms with Gasteiger partial charge in [0.05, 0.1) is 6.04 Å². The van der Waals surface area contributed by atoms with Gasteiger partial charge in [0.2, 0.25) is 0 Å². The van der Waals surface area contributed by atoms with E-state index in [0.29, 0.717) is 6.42 Å². The van der Waals surface area contributed by atoms with E-state index in [1.54, 1.807) is 6.92 Å². The Balaban J connectivity index is 0. The maximum absolute atomic E-state index is 12.2. The van der Waals surface area contributed by atoms with Gasteiger partial charge in [-0.25, -0.2) is 0 Å². The number of Topliss-reactive ketones (excluding diaryl/α,β-unsaturated/α-hetero) is 1. The summed E-state index contributed by atoms with van der Waals surface area (Å²) in [6, 6.07) is 4.55. The normalized spacial score (nSPS) is 12.5. The van der Waals surface area contributed by atoms with Crippen molar-refractivity contribution < 1.29 is 4.79 Å². The third-order valence-corrected chi connectivity index (χ3v) is 5.69. The molecular formula is C32H60N2O. The van der Waals surface area contributed by atoms with Crippen LogP contribution < -0.4 is 5.32 Å². The lowest BCUT2D eigenvalue weighted by atomic mass is 9.78. The zero-order valence-corrected chi connectivity index (χ0v) is 26.6. The topological polar surface area (TPSA) is 44.9 Å². The summed E-state index contributed by atoms with van der Waals surface area (Å²) in [5.74, 6) is 0.180. The van der Waals surface area contributed by atoms with E-state index >= 15 is 0 Å². The molecular weight excluding hydrogens is 428 g/mol. The number of ketones is 1. The van der Waals surface area contributed by atoms with Gasteiger partial charge in [0.15, 0.2) is 0 Å². The van der Waals surface area contributed by atoms with Crippen LogP contribution in [0.1, 0.15) is 140 Å². The van der Waals surface area contributed by atoms with Crippen LogP contribution in [0, 0.1) is 0 Å². The molecule has 204 valence electrons. The molecule has 2 N–H and O–H groups in total. The van der Waals surface area contributed by atoms with E-state index in [1.165, 1.54) is 39.7 Å². The van der Waals surface area contributed by atoms with Crippen LogP contribution in [0.25, 0.3) is 10.9 Å². The summed E-state index contributed by atoms with van der Waals surface area (Å²) in [6.45, 7) is 34.3. The van der Waals surface area contributed by atoms with E-state index in [4.69, 9.17) is 0 Å². The molecule has 1 aromatic carbocycles. The second-order valence-corrected chi connectivity index (χ2v) is 12.0. The van der Waals surface area contributed by atoms with Gasteiger partial charge in [0.1, 0.15) is 5.78 Å². The maximum atomic E-state index is 12.2. The first-order valence-electron chi connectivity index (χ1n) is 13.9. The first kappa shape index (κ1) is 35.6. The van der Waals surface area contributed by atoms with Gasteiger partial charge in [-0.15, -0.1) is 0 Å². The first-order valence-corrected chi connectivity index (χ1v) is 13.9. The third kappa shape index (κ3) is 10.1. The van der Waals surface area contributed by atoms with Crippen LogP contribution in [-0.4, -0.2) is 23.9 Å². The number of aromatic nitrogens is 1. The molecule has 0 aliphatic heterocycles. The molecule has 3 heteroatoms. The monoisotopic (exact) mass is 488 g/mol. The van der Waals surface area contributed by atoms with Crippen LogP contribution in [0.15, 0.2) is 12.1 Å².